The molecule has 1 saturated heterocycles. The number of carbonyl (C=O) groups excluding carboxylic acids is 1. The highest BCUT2D eigenvalue weighted by molar-refractivity contribution is 6.43. The number of carbonyl (C=O) groups is 1. The summed E-state index contributed by atoms with van der Waals surface area (Å²) >= 11 is 12.1. The molecular weight excluding hydrogens is 321 g/mol. The van der Waals surface area contributed by atoms with Crippen LogP contribution in [0.4, 0.5) is 10.5 Å². The molecule has 0 aromatic heterocycles. The lowest BCUT2D eigenvalue weighted by Crippen LogP contribution is -2.50. The minimum atomic E-state index is -0.114. The SMILES string of the molecule is CCCCCN1CCN(C(=O)Nc2cccc(Cl)c2Cl)CC1. The van der Waals surface area contributed by atoms with E-state index in [1.807, 2.05) is 4.90 Å². The van der Waals surface area contributed by atoms with Gasteiger partial charge in [0, 0.05) is 26.2 Å². The van der Waals surface area contributed by atoms with Gasteiger partial charge in [-0.1, -0.05) is 49.0 Å². The smallest absolute Gasteiger partial charge is 0.321 e. The molecule has 22 heavy (non-hydrogen) atoms. The lowest BCUT2D eigenvalue weighted by molar-refractivity contribution is 0.146. The standard InChI is InChI=1S/C16H23Cl2N3O/c1-2-3-4-8-20-9-11-21(12-10-20)16(22)19-14-7-5-6-13(17)15(14)18/h5-7H,2-4,8-12H2,1H3,(H,19,22). The quantitative estimate of drug-likeness (QED) is 0.807. The number of halogens is 2. The number of amides is 2. The third-order valence-corrected chi connectivity index (χ3v) is 4.75. The molecule has 0 aliphatic carbocycles. The van der Waals surface area contributed by atoms with E-state index in [0.717, 1.165) is 32.7 Å². The number of unbranched alkanes of at least 4 members (excludes halogenated alkanes) is 2. The molecule has 0 radical (unpaired) electrons. The van der Waals surface area contributed by atoms with E-state index >= 15 is 0 Å². The monoisotopic (exact) mass is 343 g/mol. The van der Waals surface area contributed by atoms with E-state index in [-0.39, 0.29) is 6.03 Å². The molecule has 1 aliphatic heterocycles. The number of anilines is 1. The molecule has 2 rings (SSSR count). The number of nitrogens with one attached hydrogen (secondary N) is 1. The first kappa shape index (κ1) is 17.4. The number of benzene rings is 1. The maximum atomic E-state index is 12.3. The van der Waals surface area contributed by atoms with Crippen LogP contribution in [0.2, 0.25) is 10.0 Å². The van der Waals surface area contributed by atoms with Crippen molar-refractivity contribution in [2.75, 3.05) is 38.0 Å². The highest BCUT2D eigenvalue weighted by Crippen LogP contribution is 2.29. The third kappa shape index (κ3) is 4.77. The first-order valence-corrected chi connectivity index (χ1v) is 8.59. The molecular formula is C16H23Cl2N3O. The van der Waals surface area contributed by atoms with Crippen molar-refractivity contribution in [1.82, 2.24) is 9.80 Å². The van der Waals surface area contributed by atoms with Crippen LogP contribution in [0.5, 0.6) is 0 Å². The average Bonchev–Trinajstić information content (AvgIpc) is 2.53. The summed E-state index contributed by atoms with van der Waals surface area (Å²) in [5.41, 5.74) is 0.560. The van der Waals surface area contributed by atoms with Gasteiger partial charge in [0.2, 0.25) is 0 Å². The Morgan fingerprint density at radius 3 is 2.59 bits per heavy atom. The lowest BCUT2D eigenvalue weighted by Gasteiger charge is -2.34. The summed E-state index contributed by atoms with van der Waals surface area (Å²) in [6, 6.07) is 5.12. The van der Waals surface area contributed by atoms with E-state index in [1.54, 1.807) is 18.2 Å². The molecule has 1 aromatic carbocycles. The molecule has 122 valence electrons. The fourth-order valence-electron chi connectivity index (χ4n) is 2.55. The van der Waals surface area contributed by atoms with Crippen molar-refractivity contribution in [1.29, 1.82) is 0 Å². The summed E-state index contributed by atoms with van der Waals surface area (Å²) in [6.45, 7) is 6.69. The molecule has 4 nitrogen and oxygen atoms in total. The van der Waals surface area contributed by atoms with E-state index in [0.29, 0.717) is 15.7 Å². The van der Waals surface area contributed by atoms with Gasteiger partial charge in [0.05, 0.1) is 15.7 Å². The molecule has 1 aliphatic rings. The molecule has 0 unspecified atom stereocenters. The molecule has 2 amide bonds. The van der Waals surface area contributed by atoms with E-state index in [4.69, 9.17) is 23.2 Å². The largest absolute Gasteiger partial charge is 0.322 e. The van der Waals surface area contributed by atoms with Gasteiger partial charge >= 0.3 is 6.03 Å². The van der Waals surface area contributed by atoms with Gasteiger partial charge in [-0.2, -0.15) is 0 Å². The predicted molar refractivity (Wildman–Crippen MR) is 93.0 cm³/mol. The Labute approximate surface area is 142 Å². The Hall–Kier alpha value is -0.970. The van der Waals surface area contributed by atoms with Crippen molar-refractivity contribution in [3.05, 3.63) is 28.2 Å². The van der Waals surface area contributed by atoms with E-state index < -0.39 is 0 Å². The van der Waals surface area contributed by atoms with Crippen LogP contribution >= 0.6 is 23.2 Å². The van der Waals surface area contributed by atoms with Crippen LogP contribution < -0.4 is 5.32 Å². The lowest BCUT2D eigenvalue weighted by atomic mass is 10.2. The number of piperazine rings is 1. The highest BCUT2D eigenvalue weighted by atomic mass is 35.5. The van der Waals surface area contributed by atoms with E-state index in [2.05, 4.69) is 17.1 Å². The van der Waals surface area contributed by atoms with Crippen LogP contribution in [0.1, 0.15) is 26.2 Å². The van der Waals surface area contributed by atoms with Crippen LogP contribution in [0.25, 0.3) is 0 Å². The van der Waals surface area contributed by atoms with Crippen LogP contribution in [-0.4, -0.2) is 48.6 Å². The van der Waals surface area contributed by atoms with Crippen molar-refractivity contribution >= 4 is 34.9 Å². The number of urea groups is 1. The van der Waals surface area contributed by atoms with E-state index in [1.165, 1.54) is 19.3 Å². The zero-order valence-corrected chi connectivity index (χ0v) is 14.5. The molecule has 1 N–H and O–H groups in total. The maximum Gasteiger partial charge on any atom is 0.321 e. The Bertz CT molecular complexity index is 502. The molecule has 0 bridgehead atoms. The van der Waals surface area contributed by atoms with Crippen LogP contribution in [0, 0.1) is 0 Å². The Kier molecular flexibility index (Phi) is 6.80. The minimum absolute atomic E-state index is 0.114. The maximum absolute atomic E-state index is 12.3. The first-order chi connectivity index (χ1) is 10.6. The summed E-state index contributed by atoms with van der Waals surface area (Å²) in [5.74, 6) is 0. The molecule has 1 heterocycles. The van der Waals surface area contributed by atoms with Gasteiger partial charge in [-0.05, 0) is 25.1 Å². The van der Waals surface area contributed by atoms with Crippen molar-refractivity contribution < 1.29 is 4.79 Å². The second-order valence-electron chi connectivity index (χ2n) is 5.57. The van der Waals surface area contributed by atoms with Crippen LogP contribution in [0.3, 0.4) is 0 Å². The third-order valence-electron chi connectivity index (χ3n) is 3.93. The van der Waals surface area contributed by atoms with Gasteiger partial charge in [-0.3, -0.25) is 4.90 Å². The van der Waals surface area contributed by atoms with Crippen molar-refractivity contribution in [3.8, 4) is 0 Å². The molecule has 0 spiro atoms. The summed E-state index contributed by atoms with van der Waals surface area (Å²) in [7, 11) is 0. The average molecular weight is 344 g/mol. The normalized spacial score (nSPS) is 15.9. The van der Waals surface area contributed by atoms with Crippen LogP contribution in [0.15, 0.2) is 18.2 Å². The number of hydrogen-bond donors (Lipinski definition) is 1. The molecule has 0 atom stereocenters. The number of hydrogen-bond acceptors (Lipinski definition) is 2. The van der Waals surface area contributed by atoms with Gasteiger partial charge in [-0.15, -0.1) is 0 Å². The van der Waals surface area contributed by atoms with E-state index in [9.17, 15) is 4.79 Å². The number of rotatable bonds is 5. The molecule has 1 fully saturated rings. The molecule has 6 heteroatoms. The molecule has 0 saturated carbocycles. The highest BCUT2D eigenvalue weighted by Gasteiger charge is 2.21. The summed E-state index contributed by atoms with van der Waals surface area (Å²) in [5, 5.41) is 3.67. The minimum Gasteiger partial charge on any atom is -0.322 e. The summed E-state index contributed by atoms with van der Waals surface area (Å²) in [4.78, 5) is 16.5. The second kappa shape index (κ2) is 8.61. The van der Waals surface area contributed by atoms with Gasteiger partial charge in [0.1, 0.15) is 0 Å². The topological polar surface area (TPSA) is 35.6 Å². The van der Waals surface area contributed by atoms with Crippen LogP contribution in [-0.2, 0) is 0 Å². The zero-order valence-electron chi connectivity index (χ0n) is 12.9. The Morgan fingerprint density at radius 2 is 1.91 bits per heavy atom. The van der Waals surface area contributed by atoms with Gasteiger partial charge < -0.3 is 10.2 Å². The first-order valence-electron chi connectivity index (χ1n) is 7.84. The fraction of sp³-hybridized carbons (Fsp3) is 0.562. The fourth-order valence-corrected chi connectivity index (χ4v) is 2.90. The van der Waals surface area contributed by atoms with Gasteiger partial charge in [0.15, 0.2) is 0 Å². The predicted octanol–water partition coefficient (Wildman–Crippen LogP) is 4.33. The van der Waals surface area contributed by atoms with Crippen molar-refractivity contribution in [2.45, 2.75) is 26.2 Å². The number of nitrogens with zero attached hydrogens (tertiary/aromatic N) is 2. The molecule has 1 aromatic rings. The van der Waals surface area contributed by atoms with Gasteiger partial charge in [-0.25, -0.2) is 4.79 Å². The Balaban J connectivity index is 1.81. The summed E-state index contributed by atoms with van der Waals surface area (Å²) in [6.07, 6.45) is 3.75. The van der Waals surface area contributed by atoms with Crippen molar-refractivity contribution in [3.63, 3.8) is 0 Å². The zero-order chi connectivity index (χ0) is 15.9. The Morgan fingerprint density at radius 1 is 1.18 bits per heavy atom. The second-order valence-corrected chi connectivity index (χ2v) is 6.35. The summed E-state index contributed by atoms with van der Waals surface area (Å²) < 4.78 is 0. The van der Waals surface area contributed by atoms with Crippen molar-refractivity contribution in [2.24, 2.45) is 0 Å². The van der Waals surface area contributed by atoms with Gasteiger partial charge in [0.25, 0.3) is 0 Å².